The Kier molecular flexibility index (Phi) is 8.85. The van der Waals surface area contributed by atoms with Gasteiger partial charge in [-0.1, -0.05) is 59.6 Å². The average molecular weight is 396 g/mol. The molecule has 0 amide bonds. The second kappa shape index (κ2) is 10.6. The summed E-state index contributed by atoms with van der Waals surface area (Å²) in [7, 11) is 0. The van der Waals surface area contributed by atoms with Gasteiger partial charge in [-0.15, -0.1) is 0 Å². The third kappa shape index (κ3) is 7.27. The van der Waals surface area contributed by atoms with Gasteiger partial charge in [-0.3, -0.25) is 0 Å². The second-order valence-corrected chi connectivity index (χ2v) is 6.25. The lowest BCUT2D eigenvalue weighted by atomic mass is 9.86. The predicted molar refractivity (Wildman–Crippen MR) is 103 cm³/mol. The molecule has 5 nitrogen and oxygen atoms in total. The van der Waals surface area contributed by atoms with Crippen LogP contribution in [-0.2, 0) is 9.59 Å². The molecule has 7 heteroatoms. The van der Waals surface area contributed by atoms with Crippen molar-refractivity contribution >= 4 is 35.1 Å². The van der Waals surface area contributed by atoms with E-state index in [9.17, 15) is 9.59 Å². The Balaban J connectivity index is 0.000000359. The third-order valence-corrected chi connectivity index (χ3v) is 4.09. The first-order chi connectivity index (χ1) is 12.2. The van der Waals surface area contributed by atoms with Crippen LogP contribution in [-0.4, -0.2) is 28.2 Å². The molecule has 0 fully saturated rings. The number of rotatable bonds is 5. The van der Waals surface area contributed by atoms with E-state index >= 15 is 0 Å². The zero-order valence-electron chi connectivity index (χ0n) is 14.0. The van der Waals surface area contributed by atoms with Gasteiger partial charge >= 0.3 is 11.9 Å². The standard InChI is InChI=1S/C15H15Cl2N.C4H4O4/c1-10(18)15(11-5-3-2-4-6-11)12-7-8-13(16)14(17)9-12;5-3(6)1-2-4(7)8/h2-10,15H,18H2,1H3;1-2H,(H,5,6)(H,7,8)/b;2-1-. The Morgan fingerprint density at radius 3 is 1.88 bits per heavy atom. The van der Waals surface area contributed by atoms with Crippen LogP contribution in [0, 0.1) is 0 Å². The van der Waals surface area contributed by atoms with Gasteiger partial charge < -0.3 is 15.9 Å². The minimum atomic E-state index is -1.26. The van der Waals surface area contributed by atoms with Crippen molar-refractivity contribution in [2.45, 2.75) is 18.9 Å². The van der Waals surface area contributed by atoms with E-state index in [1.54, 1.807) is 0 Å². The smallest absolute Gasteiger partial charge is 0.328 e. The Morgan fingerprint density at radius 2 is 1.46 bits per heavy atom. The maximum absolute atomic E-state index is 9.55. The Labute approximate surface area is 161 Å². The van der Waals surface area contributed by atoms with Crippen LogP contribution < -0.4 is 5.73 Å². The number of nitrogens with two attached hydrogens (primary N) is 1. The molecule has 0 aliphatic heterocycles. The molecule has 26 heavy (non-hydrogen) atoms. The number of hydrogen-bond donors (Lipinski definition) is 3. The molecular formula is C19H19Cl2NO4. The third-order valence-electron chi connectivity index (χ3n) is 3.36. The largest absolute Gasteiger partial charge is 0.478 e. The number of aliphatic carboxylic acids is 2. The molecule has 2 aromatic rings. The molecular weight excluding hydrogens is 377 g/mol. The molecule has 0 saturated carbocycles. The number of halogens is 2. The van der Waals surface area contributed by atoms with Crippen molar-refractivity contribution in [3.05, 3.63) is 81.9 Å². The van der Waals surface area contributed by atoms with Crippen LogP contribution in [0.4, 0.5) is 0 Å². The topological polar surface area (TPSA) is 101 Å². The van der Waals surface area contributed by atoms with Gasteiger partial charge in [0.15, 0.2) is 0 Å². The van der Waals surface area contributed by atoms with Gasteiger partial charge in [-0.25, -0.2) is 9.59 Å². The van der Waals surface area contributed by atoms with Crippen LogP contribution in [0.5, 0.6) is 0 Å². The van der Waals surface area contributed by atoms with Crippen LogP contribution in [0.15, 0.2) is 60.7 Å². The highest BCUT2D eigenvalue weighted by atomic mass is 35.5. The highest BCUT2D eigenvalue weighted by Gasteiger charge is 2.19. The molecule has 0 radical (unpaired) electrons. The maximum Gasteiger partial charge on any atom is 0.328 e. The summed E-state index contributed by atoms with van der Waals surface area (Å²) in [5.74, 6) is -2.39. The van der Waals surface area contributed by atoms with E-state index in [0.717, 1.165) is 5.56 Å². The van der Waals surface area contributed by atoms with Crippen molar-refractivity contribution < 1.29 is 19.8 Å². The first-order valence-corrected chi connectivity index (χ1v) is 8.37. The summed E-state index contributed by atoms with van der Waals surface area (Å²) < 4.78 is 0. The zero-order valence-corrected chi connectivity index (χ0v) is 15.5. The first kappa shape index (κ1) is 21.7. The molecule has 0 saturated heterocycles. The van der Waals surface area contributed by atoms with Crippen molar-refractivity contribution in [2.24, 2.45) is 5.73 Å². The van der Waals surface area contributed by atoms with Gasteiger partial charge in [0.05, 0.1) is 10.0 Å². The second-order valence-electron chi connectivity index (χ2n) is 5.43. The number of carbonyl (C=O) groups is 2. The van der Waals surface area contributed by atoms with Crippen molar-refractivity contribution in [3.63, 3.8) is 0 Å². The molecule has 0 aliphatic rings. The average Bonchev–Trinajstić information content (AvgIpc) is 2.58. The quantitative estimate of drug-likeness (QED) is 0.659. The van der Waals surface area contributed by atoms with E-state index < -0.39 is 11.9 Å². The Morgan fingerprint density at radius 1 is 0.923 bits per heavy atom. The molecule has 2 rings (SSSR count). The monoisotopic (exact) mass is 395 g/mol. The molecule has 4 N–H and O–H groups in total. The zero-order chi connectivity index (χ0) is 19.7. The van der Waals surface area contributed by atoms with E-state index in [1.165, 1.54) is 5.56 Å². The summed E-state index contributed by atoms with van der Waals surface area (Å²) in [4.78, 5) is 19.1. The van der Waals surface area contributed by atoms with Gasteiger partial charge in [-0.2, -0.15) is 0 Å². The van der Waals surface area contributed by atoms with Gasteiger partial charge in [-0.05, 0) is 30.2 Å². The Hall–Kier alpha value is -2.34. The van der Waals surface area contributed by atoms with Crippen LogP contribution in [0.25, 0.3) is 0 Å². The summed E-state index contributed by atoms with van der Waals surface area (Å²) in [5.41, 5.74) is 8.39. The lowest BCUT2D eigenvalue weighted by Crippen LogP contribution is -2.25. The van der Waals surface area contributed by atoms with Crippen molar-refractivity contribution in [2.75, 3.05) is 0 Å². The maximum atomic E-state index is 9.55. The van der Waals surface area contributed by atoms with E-state index in [4.69, 9.17) is 39.1 Å². The number of carboxylic acids is 2. The van der Waals surface area contributed by atoms with Crippen molar-refractivity contribution in [3.8, 4) is 0 Å². The SMILES string of the molecule is CC(N)C(c1ccccc1)c1ccc(Cl)c(Cl)c1.O=C(O)/C=C\C(=O)O. The fourth-order valence-electron chi connectivity index (χ4n) is 2.31. The van der Waals surface area contributed by atoms with Gasteiger partial charge in [0.25, 0.3) is 0 Å². The number of hydrogen-bond acceptors (Lipinski definition) is 3. The van der Waals surface area contributed by atoms with Gasteiger partial charge in [0, 0.05) is 24.1 Å². The molecule has 0 bridgehead atoms. The van der Waals surface area contributed by atoms with E-state index in [0.29, 0.717) is 22.2 Å². The summed E-state index contributed by atoms with van der Waals surface area (Å²) in [6.45, 7) is 2.00. The van der Waals surface area contributed by atoms with Crippen molar-refractivity contribution in [1.29, 1.82) is 0 Å². The normalized spacial score (nSPS) is 12.8. The molecule has 0 aromatic heterocycles. The molecule has 138 valence electrons. The first-order valence-electron chi connectivity index (χ1n) is 7.61. The summed E-state index contributed by atoms with van der Waals surface area (Å²) in [6.07, 6.45) is 1.12. The minimum Gasteiger partial charge on any atom is -0.478 e. The predicted octanol–water partition coefficient (Wildman–Crippen LogP) is 4.18. The Bertz CT molecular complexity index is 760. The molecule has 2 unspecified atom stereocenters. The molecule has 0 heterocycles. The van der Waals surface area contributed by atoms with E-state index in [1.807, 2.05) is 43.3 Å². The van der Waals surface area contributed by atoms with Gasteiger partial charge in [0.2, 0.25) is 0 Å². The molecule has 2 atom stereocenters. The van der Waals surface area contributed by atoms with Crippen LogP contribution in [0.1, 0.15) is 24.0 Å². The van der Waals surface area contributed by atoms with E-state index in [-0.39, 0.29) is 12.0 Å². The number of carboxylic acid groups (broad SMARTS) is 2. The molecule has 0 aliphatic carbocycles. The minimum absolute atomic E-state index is 0.00430. The number of benzene rings is 2. The van der Waals surface area contributed by atoms with Crippen molar-refractivity contribution in [1.82, 2.24) is 0 Å². The highest BCUT2D eigenvalue weighted by Crippen LogP contribution is 2.31. The van der Waals surface area contributed by atoms with Crippen LogP contribution in [0.3, 0.4) is 0 Å². The molecule has 2 aromatic carbocycles. The van der Waals surface area contributed by atoms with Gasteiger partial charge in [0.1, 0.15) is 0 Å². The summed E-state index contributed by atoms with van der Waals surface area (Å²) >= 11 is 12.0. The fraction of sp³-hybridized carbons (Fsp3) is 0.158. The molecule has 0 spiro atoms. The highest BCUT2D eigenvalue weighted by molar-refractivity contribution is 6.42. The summed E-state index contributed by atoms with van der Waals surface area (Å²) in [5, 5.41) is 16.8. The lowest BCUT2D eigenvalue weighted by molar-refractivity contribution is -0.134. The fourth-order valence-corrected chi connectivity index (χ4v) is 2.61. The van der Waals surface area contributed by atoms with Crippen LogP contribution in [0.2, 0.25) is 10.0 Å². The van der Waals surface area contributed by atoms with Crippen LogP contribution >= 0.6 is 23.2 Å². The summed E-state index contributed by atoms with van der Waals surface area (Å²) in [6, 6.07) is 15.9. The lowest BCUT2D eigenvalue weighted by Gasteiger charge is -2.22. The van der Waals surface area contributed by atoms with E-state index in [2.05, 4.69) is 12.1 Å².